The number of methoxy groups -OCH3 is 1. The van der Waals surface area contributed by atoms with Crippen LogP contribution in [-0.4, -0.2) is 29.4 Å². The van der Waals surface area contributed by atoms with Gasteiger partial charge in [0.05, 0.1) is 24.5 Å². The van der Waals surface area contributed by atoms with E-state index in [1.807, 2.05) is 6.92 Å². The van der Waals surface area contributed by atoms with Gasteiger partial charge in [-0.25, -0.2) is 0 Å². The van der Waals surface area contributed by atoms with Crippen LogP contribution in [-0.2, 0) is 17.7 Å². The summed E-state index contributed by atoms with van der Waals surface area (Å²) < 4.78 is 6.46. The number of aromatic nitrogens is 2. The van der Waals surface area contributed by atoms with E-state index in [9.17, 15) is 4.79 Å². The number of aryl methyl sites for hydroxylation is 1. The molecular weight excluding hydrogens is 208 g/mol. The molecule has 0 aliphatic heterocycles. The number of nitrogen functional groups attached to an aromatic ring is 1. The summed E-state index contributed by atoms with van der Waals surface area (Å²) >= 11 is 0. The number of amides is 1. The molecule has 0 aliphatic rings. The smallest absolute Gasteiger partial charge is 0.269 e. The van der Waals surface area contributed by atoms with Gasteiger partial charge in [0.2, 0.25) is 0 Å². The fourth-order valence-corrected chi connectivity index (χ4v) is 1.55. The SMILES string of the molecule is CCCc1nn(CCOC)c(C(N)=O)c1N. The summed E-state index contributed by atoms with van der Waals surface area (Å²) in [4.78, 5) is 11.3. The number of rotatable bonds is 6. The molecule has 0 aromatic carbocycles. The molecule has 0 unspecified atom stereocenters. The number of primary amides is 1. The molecule has 0 bridgehead atoms. The topological polar surface area (TPSA) is 96.2 Å². The van der Waals surface area contributed by atoms with Crippen molar-refractivity contribution in [2.45, 2.75) is 26.3 Å². The van der Waals surface area contributed by atoms with Gasteiger partial charge in [-0.3, -0.25) is 9.48 Å². The van der Waals surface area contributed by atoms with Gasteiger partial charge in [0.1, 0.15) is 5.69 Å². The number of carbonyl (C=O) groups excluding carboxylic acids is 1. The maximum Gasteiger partial charge on any atom is 0.269 e. The van der Waals surface area contributed by atoms with Crippen molar-refractivity contribution in [3.8, 4) is 0 Å². The van der Waals surface area contributed by atoms with Gasteiger partial charge in [-0.1, -0.05) is 13.3 Å². The van der Waals surface area contributed by atoms with Gasteiger partial charge in [-0.05, 0) is 6.42 Å². The average Bonchev–Trinajstić information content (AvgIpc) is 2.53. The maximum absolute atomic E-state index is 11.3. The first-order chi connectivity index (χ1) is 7.61. The van der Waals surface area contributed by atoms with Gasteiger partial charge in [-0.15, -0.1) is 0 Å². The number of nitrogens with zero attached hydrogens (tertiary/aromatic N) is 2. The van der Waals surface area contributed by atoms with E-state index in [-0.39, 0.29) is 5.69 Å². The molecule has 0 radical (unpaired) electrons. The molecule has 1 aromatic rings. The van der Waals surface area contributed by atoms with Crippen molar-refractivity contribution in [3.05, 3.63) is 11.4 Å². The number of hydrogen-bond acceptors (Lipinski definition) is 4. The maximum atomic E-state index is 11.3. The van der Waals surface area contributed by atoms with Crippen LogP contribution in [0.4, 0.5) is 5.69 Å². The molecule has 1 aromatic heterocycles. The van der Waals surface area contributed by atoms with Crippen molar-refractivity contribution in [3.63, 3.8) is 0 Å². The summed E-state index contributed by atoms with van der Waals surface area (Å²) in [6, 6.07) is 0. The van der Waals surface area contributed by atoms with Crippen molar-refractivity contribution < 1.29 is 9.53 Å². The molecule has 0 atom stereocenters. The Kier molecular flexibility index (Phi) is 4.30. The highest BCUT2D eigenvalue weighted by molar-refractivity contribution is 5.96. The van der Waals surface area contributed by atoms with Gasteiger partial charge in [-0.2, -0.15) is 5.10 Å². The van der Waals surface area contributed by atoms with E-state index in [0.717, 1.165) is 18.5 Å². The monoisotopic (exact) mass is 226 g/mol. The lowest BCUT2D eigenvalue weighted by molar-refractivity contribution is 0.0987. The van der Waals surface area contributed by atoms with Crippen LogP contribution < -0.4 is 11.5 Å². The molecule has 0 spiro atoms. The Morgan fingerprint density at radius 3 is 2.75 bits per heavy atom. The Bertz CT molecular complexity index is 373. The number of ether oxygens (including phenoxy) is 1. The molecule has 1 amide bonds. The van der Waals surface area contributed by atoms with Crippen LogP contribution in [0.3, 0.4) is 0 Å². The minimum atomic E-state index is -0.552. The third kappa shape index (κ3) is 2.52. The van der Waals surface area contributed by atoms with E-state index in [0.29, 0.717) is 18.8 Å². The van der Waals surface area contributed by atoms with E-state index in [1.165, 1.54) is 4.68 Å². The Labute approximate surface area is 94.5 Å². The van der Waals surface area contributed by atoms with E-state index < -0.39 is 5.91 Å². The molecule has 4 N–H and O–H groups in total. The fourth-order valence-electron chi connectivity index (χ4n) is 1.55. The second-order valence-corrected chi connectivity index (χ2v) is 3.54. The molecule has 0 fully saturated rings. The number of nitrogens with two attached hydrogens (primary N) is 2. The molecule has 1 rings (SSSR count). The molecule has 6 heteroatoms. The minimum absolute atomic E-state index is 0.278. The third-order valence-electron chi connectivity index (χ3n) is 2.29. The number of anilines is 1. The van der Waals surface area contributed by atoms with Crippen molar-refractivity contribution in [2.24, 2.45) is 5.73 Å². The number of hydrogen-bond donors (Lipinski definition) is 2. The second kappa shape index (κ2) is 5.50. The van der Waals surface area contributed by atoms with Crippen molar-refractivity contribution in [2.75, 3.05) is 19.5 Å². The van der Waals surface area contributed by atoms with Gasteiger partial charge in [0, 0.05) is 7.11 Å². The summed E-state index contributed by atoms with van der Waals surface area (Å²) in [5.74, 6) is -0.552. The van der Waals surface area contributed by atoms with E-state index in [2.05, 4.69) is 5.10 Å². The van der Waals surface area contributed by atoms with Crippen LogP contribution in [0.15, 0.2) is 0 Å². The summed E-state index contributed by atoms with van der Waals surface area (Å²) in [5, 5.41) is 4.27. The lowest BCUT2D eigenvalue weighted by Crippen LogP contribution is -2.20. The van der Waals surface area contributed by atoms with Crippen LogP contribution in [0.25, 0.3) is 0 Å². The van der Waals surface area contributed by atoms with Crippen LogP contribution in [0.5, 0.6) is 0 Å². The molecule has 0 saturated carbocycles. The highest BCUT2D eigenvalue weighted by Gasteiger charge is 2.18. The predicted octanol–water partition coefficient (Wildman–Crippen LogP) is 0.163. The molecule has 90 valence electrons. The first-order valence-corrected chi connectivity index (χ1v) is 5.25. The third-order valence-corrected chi connectivity index (χ3v) is 2.29. The van der Waals surface area contributed by atoms with Crippen LogP contribution in [0, 0.1) is 0 Å². The zero-order chi connectivity index (χ0) is 12.1. The average molecular weight is 226 g/mol. The van der Waals surface area contributed by atoms with Crippen molar-refractivity contribution in [1.29, 1.82) is 0 Å². The molecular formula is C10H18N4O2. The zero-order valence-electron chi connectivity index (χ0n) is 9.69. The van der Waals surface area contributed by atoms with Crippen LogP contribution in [0.2, 0.25) is 0 Å². The molecule has 6 nitrogen and oxygen atoms in total. The van der Waals surface area contributed by atoms with E-state index >= 15 is 0 Å². The summed E-state index contributed by atoms with van der Waals surface area (Å²) in [6.45, 7) is 2.97. The Morgan fingerprint density at radius 2 is 2.25 bits per heavy atom. The Balaban J connectivity index is 3.04. The van der Waals surface area contributed by atoms with Crippen molar-refractivity contribution >= 4 is 11.6 Å². The van der Waals surface area contributed by atoms with Gasteiger partial charge >= 0.3 is 0 Å². The zero-order valence-corrected chi connectivity index (χ0v) is 9.69. The Hall–Kier alpha value is -1.56. The highest BCUT2D eigenvalue weighted by Crippen LogP contribution is 2.18. The Morgan fingerprint density at radius 1 is 1.56 bits per heavy atom. The predicted molar refractivity (Wildman–Crippen MR) is 61.0 cm³/mol. The largest absolute Gasteiger partial charge is 0.395 e. The standard InChI is InChI=1S/C10H18N4O2/c1-3-4-7-8(11)9(10(12)15)14(13-7)5-6-16-2/h3-6,11H2,1-2H3,(H2,12,15). The van der Waals surface area contributed by atoms with Crippen LogP contribution in [0.1, 0.15) is 29.5 Å². The normalized spacial score (nSPS) is 10.6. The van der Waals surface area contributed by atoms with Gasteiger partial charge < -0.3 is 16.2 Å². The van der Waals surface area contributed by atoms with Crippen LogP contribution >= 0.6 is 0 Å². The quantitative estimate of drug-likeness (QED) is 0.722. The van der Waals surface area contributed by atoms with Gasteiger partial charge in [0.25, 0.3) is 5.91 Å². The molecule has 0 aliphatic carbocycles. The molecule has 0 saturated heterocycles. The second-order valence-electron chi connectivity index (χ2n) is 3.54. The first-order valence-electron chi connectivity index (χ1n) is 5.25. The highest BCUT2D eigenvalue weighted by atomic mass is 16.5. The summed E-state index contributed by atoms with van der Waals surface area (Å²) in [7, 11) is 1.59. The van der Waals surface area contributed by atoms with Crippen molar-refractivity contribution in [1.82, 2.24) is 9.78 Å². The fraction of sp³-hybridized carbons (Fsp3) is 0.600. The molecule has 16 heavy (non-hydrogen) atoms. The first kappa shape index (κ1) is 12.5. The summed E-state index contributed by atoms with van der Waals surface area (Å²) in [6.07, 6.45) is 1.66. The molecule has 1 heterocycles. The summed E-state index contributed by atoms with van der Waals surface area (Å²) in [5.41, 5.74) is 12.5. The van der Waals surface area contributed by atoms with E-state index in [1.54, 1.807) is 7.11 Å². The lowest BCUT2D eigenvalue weighted by Gasteiger charge is -2.03. The lowest BCUT2D eigenvalue weighted by atomic mass is 10.2. The van der Waals surface area contributed by atoms with Gasteiger partial charge in [0.15, 0.2) is 0 Å². The number of carbonyl (C=O) groups is 1. The minimum Gasteiger partial charge on any atom is -0.395 e. The van der Waals surface area contributed by atoms with E-state index in [4.69, 9.17) is 16.2 Å².